The van der Waals surface area contributed by atoms with Crippen LogP contribution >= 0.6 is 0 Å². The van der Waals surface area contributed by atoms with E-state index in [-0.39, 0.29) is 4.90 Å². The molecule has 0 aromatic heterocycles. The van der Waals surface area contributed by atoms with Gasteiger partial charge < -0.3 is 24.1 Å². The molecule has 1 saturated heterocycles. The van der Waals surface area contributed by atoms with E-state index in [2.05, 4.69) is 0 Å². The van der Waals surface area contributed by atoms with Crippen LogP contribution in [0.15, 0.2) is 29.2 Å². The summed E-state index contributed by atoms with van der Waals surface area (Å²) in [6.45, 7) is 4.28. The molecule has 0 bridgehead atoms. The molecule has 31 heavy (non-hydrogen) atoms. The quantitative estimate of drug-likeness (QED) is 0.338. The van der Waals surface area contributed by atoms with Gasteiger partial charge in [0.15, 0.2) is 24.6 Å². The molecule has 0 amide bonds. The molecule has 1 aromatic rings. The topological polar surface area (TPSA) is 152 Å². The fraction of sp³-hybridized carbons (Fsp3) is 0.526. The van der Waals surface area contributed by atoms with Crippen LogP contribution in [0.3, 0.4) is 0 Å². The highest BCUT2D eigenvalue weighted by molar-refractivity contribution is 7.86. The first kappa shape index (κ1) is 24.7. The summed E-state index contributed by atoms with van der Waals surface area (Å²) < 4.78 is 50.5. The summed E-state index contributed by atoms with van der Waals surface area (Å²) >= 11 is 0. The van der Waals surface area contributed by atoms with Gasteiger partial charge in [-0.3, -0.25) is 18.6 Å². The molecule has 1 aromatic carbocycles. The number of benzene rings is 1. The summed E-state index contributed by atoms with van der Waals surface area (Å²) in [4.78, 5) is 34.4. The number of hydrogen-bond acceptors (Lipinski definition) is 11. The minimum absolute atomic E-state index is 0.118. The Morgan fingerprint density at radius 2 is 1.39 bits per heavy atom. The molecule has 1 heterocycles. The number of rotatable bonds is 7. The summed E-state index contributed by atoms with van der Waals surface area (Å²) in [6.07, 6.45) is -7.59. The van der Waals surface area contributed by atoms with Crippen LogP contribution in [0.25, 0.3) is 0 Å². The van der Waals surface area contributed by atoms with E-state index >= 15 is 0 Å². The number of aryl methyl sites for hydroxylation is 1. The lowest BCUT2D eigenvalue weighted by molar-refractivity contribution is -0.294. The van der Waals surface area contributed by atoms with Crippen LogP contribution < -0.4 is 0 Å². The summed E-state index contributed by atoms with van der Waals surface area (Å²) in [7, 11) is -4.21. The van der Waals surface area contributed by atoms with Crippen molar-refractivity contribution in [1.29, 1.82) is 0 Å². The van der Waals surface area contributed by atoms with Crippen molar-refractivity contribution in [2.75, 3.05) is 6.61 Å². The van der Waals surface area contributed by atoms with Gasteiger partial charge in [0.05, 0.1) is 11.5 Å². The van der Waals surface area contributed by atoms with Gasteiger partial charge in [0.1, 0.15) is 6.10 Å². The molecule has 1 aliphatic rings. The van der Waals surface area contributed by atoms with Crippen molar-refractivity contribution in [3.8, 4) is 0 Å². The van der Waals surface area contributed by atoms with Gasteiger partial charge in [0.2, 0.25) is 0 Å². The Kier molecular flexibility index (Phi) is 8.12. The Morgan fingerprint density at radius 3 is 1.90 bits per heavy atom. The Morgan fingerprint density at radius 1 is 0.903 bits per heavy atom. The van der Waals surface area contributed by atoms with E-state index in [9.17, 15) is 27.9 Å². The third-order valence-corrected chi connectivity index (χ3v) is 5.51. The Labute approximate surface area is 179 Å². The molecule has 1 fully saturated rings. The number of carbonyl (C=O) groups is 3. The Bertz CT molecular complexity index is 909. The number of aliphatic hydroxyl groups is 1. The number of hydrogen-bond donors (Lipinski definition) is 1. The summed E-state index contributed by atoms with van der Waals surface area (Å²) in [6, 6.07) is 5.87. The van der Waals surface area contributed by atoms with Crippen molar-refractivity contribution < 1.29 is 51.0 Å². The first-order valence-electron chi connectivity index (χ1n) is 9.22. The second-order valence-electron chi connectivity index (χ2n) is 6.84. The maximum absolute atomic E-state index is 12.5. The van der Waals surface area contributed by atoms with Crippen molar-refractivity contribution in [3.63, 3.8) is 0 Å². The predicted molar refractivity (Wildman–Crippen MR) is 102 cm³/mol. The molecule has 0 saturated carbocycles. The van der Waals surface area contributed by atoms with Crippen LogP contribution in [0.2, 0.25) is 0 Å². The van der Waals surface area contributed by atoms with Gasteiger partial charge in [-0.2, -0.15) is 8.42 Å². The zero-order valence-corrected chi connectivity index (χ0v) is 18.2. The third kappa shape index (κ3) is 6.72. The fourth-order valence-electron chi connectivity index (χ4n) is 2.94. The molecule has 0 aliphatic carbocycles. The van der Waals surface area contributed by atoms with Crippen molar-refractivity contribution in [1.82, 2.24) is 0 Å². The van der Waals surface area contributed by atoms with Gasteiger partial charge >= 0.3 is 17.9 Å². The predicted octanol–water partition coefficient (Wildman–Crippen LogP) is 0.213. The second-order valence-corrected chi connectivity index (χ2v) is 8.45. The summed E-state index contributed by atoms with van der Waals surface area (Å²) in [5.41, 5.74) is 0.841. The smallest absolute Gasteiger partial charge is 0.303 e. The number of aliphatic hydroxyl groups excluding tert-OH is 1. The highest BCUT2D eigenvalue weighted by Gasteiger charge is 2.51. The van der Waals surface area contributed by atoms with Crippen LogP contribution in [-0.2, 0) is 47.6 Å². The number of ether oxygens (including phenoxy) is 4. The Balaban J connectivity index is 2.29. The molecule has 11 nitrogen and oxygen atoms in total. The molecule has 5 atom stereocenters. The van der Waals surface area contributed by atoms with Gasteiger partial charge in [-0.15, -0.1) is 0 Å². The van der Waals surface area contributed by atoms with Crippen molar-refractivity contribution in [2.45, 2.75) is 63.3 Å². The number of carbonyl (C=O) groups excluding carboxylic acids is 3. The van der Waals surface area contributed by atoms with Crippen LogP contribution in [0.4, 0.5) is 0 Å². The fourth-order valence-corrected chi connectivity index (χ4v) is 3.85. The van der Waals surface area contributed by atoms with Crippen molar-refractivity contribution in [3.05, 3.63) is 29.8 Å². The molecule has 0 spiro atoms. The normalized spacial score (nSPS) is 26.0. The minimum atomic E-state index is -4.21. The zero-order chi connectivity index (χ0) is 23.3. The highest BCUT2D eigenvalue weighted by atomic mass is 32.2. The van der Waals surface area contributed by atoms with E-state index in [1.165, 1.54) is 12.1 Å². The number of esters is 3. The largest absolute Gasteiger partial charge is 0.456 e. The lowest BCUT2D eigenvalue weighted by atomic mass is 9.98. The van der Waals surface area contributed by atoms with Gasteiger partial charge in [-0.05, 0) is 19.1 Å². The van der Waals surface area contributed by atoms with E-state index in [0.29, 0.717) is 0 Å². The standard InChI is InChI=1S/C19H24O11S/c1-10-5-7-14(8-6-10)31(24,25)26-9-15-16(27-11(2)20)17(28-12(3)21)18(19(23)30-15)29-13(4)22/h5-8,15-19,23H,9H2,1-4H3/t15-,16+,17+,18+,19-/m1/s1. The average Bonchev–Trinajstić information content (AvgIpc) is 2.65. The molecule has 1 N–H and O–H groups in total. The van der Waals surface area contributed by atoms with E-state index in [1.54, 1.807) is 19.1 Å². The average molecular weight is 460 g/mol. The van der Waals surface area contributed by atoms with Crippen LogP contribution in [0.1, 0.15) is 26.3 Å². The lowest BCUT2D eigenvalue weighted by Crippen LogP contribution is -2.62. The molecule has 0 unspecified atom stereocenters. The van der Waals surface area contributed by atoms with Gasteiger partial charge in [0.25, 0.3) is 10.1 Å². The molecule has 1 aliphatic heterocycles. The van der Waals surface area contributed by atoms with Crippen molar-refractivity contribution >= 4 is 28.0 Å². The molecular formula is C19H24O11S. The molecule has 2 rings (SSSR count). The lowest BCUT2D eigenvalue weighted by Gasteiger charge is -2.42. The molecule has 12 heteroatoms. The third-order valence-electron chi connectivity index (χ3n) is 4.21. The minimum Gasteiger partial charge on any atom is -0.456 e. The van der Waals surface area contributed by atoms with Crippen molar-refractivity contribution in [2.24, 2.45) is 0 Å². The van der Waals surface area contributed by atoms with Gasteiger partial charge in [-0.25, -0.2) is 0 Å². The Hall–Kier alpha value is -2.54. The SMILES string of the molecule is CC(=O)O[C@H]1[C@@H](OC(C)=O)[C@@H](COS(=O)(=O)c2ccc(C)cc2)O[C@@H](O)[C@H]1OC(C)=O. The maximum Gasteiger partial charge on any atom is 0.303 e. The van der Waals surface area contributed by atoms with E-state index in [1.807, 2.05) is 0 Å². The monoisotopic (exact) mass is 460 g/mol. The van der Waals surface area contributed by atoms with Gasteiger partial charge in [-0.1, -0.05) is 17.7 Å². The van der Waals surface area contributed by atoms with Gasteiger partial charge in [0, 0.05) is 20.8 Å². The summed E-state index contributed by atoms with van der Waals surface area (Å²) in [5, 5.41) is 10.3. The molecule has 172 valence electrons. The summed E-state index contributed by atoms with van der Waals surface area (Å²) in [5.74, 6) is -2.45. The maximum atomic E-state index is 12.5. The molecular weight excluding hydrogens is 436 g/mol. The van der Waals surface area contributed by atoms with Crippen LogP contribution in [-0.4, -0.2) is 68.7 Å². The first-order chi connectivity index (χ1) is 14.4. The van der Waals surface area contributed by atoms with E-state index in [4.69, 9.17) is 23.1 Å². The highest BCUT2D eigenvalue weighted by Crippen LogP contribution is 2.29. The molecule has 0 radical (unpaired) electrons. The zero-order valence-electron chi connectivity index (χ0n) is 17.3. The van der Waals surface area contributed by atoms with E-state index < -0.39 is 65.3 Å². The second kappa shape index (κ2) is 10.2. The van der Waals surface area contributed by atoms with E-state index in [0.717, 1.165) is 26.3 Å². The van der Waals surface area contributed by atoms with Crippen LogP contribution in [0, 0.1) is 6.92 Å². The first-order valence-corrected chi connectivity index (χ1v) is 10.6. The van der Waals surface area contributed by atoms with Crippen LogP contribution in [0.5, 0.6) is 0 Å².